The quantitative estimate of drug-likeness (QED) is 0.761. The molecule has 2 aliphatic rings. The number of likely N-dealkylation sites (tertiary alicyclic amines) is 1. The minimum Gasteiger partial charge on any atom is -0.375 e. The van der Waals surface area contributed by atoms with Gasteiger partial charge >= 0.3 is 0 Å². The van der Waals surface area contributed by atoms with E-state index in [0.29, 0.717) is 24.0 Å². The molecular weight excluding hydrogens is 224 g/mol. The van der Waals surface area contributed by atoms with Crippen LogP contribution in [0.4, 0.5) is 0 Å². The normalized spacial score (nSPS) is 38.2. The third kappa shape index (κ3) is 3.69. The predicted octanol–water partition coefficient (Wildman–Crippen LogP) is 2.12. The third-order valence-corrected chi connectivity index (χ3v) is 4.88. The van der Waals surface area contributed by atoms with Gasteiger partial charge in [-0.2, -0.15) is 0 Å². The van der Waals surface area contributed by atoms with Crippen molar-refractivity contribution in [1.82, 2.24) is 10.2 Å². The fourth-order valence-electron chi connectivity index (χ4n) is 3.38. The molecule has 0 saturated carbocycles. The Labute approximate surface area is 112 Å². The Hall–Kier alpha value is -0.120. The molecule has 4 atom stereocenters. The highest BCUT2D eigenvalue weighted by Crippen LogP contribution is 2.31. The van der Waals surface area contributed by atoms with Gasteiger partial charge in [0.1, 0.15) is 0 Å². The fourth-order valence-corrected chi connectivity index (χ4v) is 3.38. The van der Waals surface area contributed by atoms with Crippen LogP contribution in [0.1, 0.15) is 40.0 Å². The van der Waals surface area contributed by atoms with Gasteiger partial charge in [-0.25, -0.2) is 0 Å². The SMILES string of the molecule is CC1OC(C)C(CNCCN2CCCCC2)C1C. The van der Waals surface area contributed by atoms with Crippen molar-refractivity contribution in [2.24, 2.45) is 11.8 Å². The van der Waals surface area contributed by atoms with Crippen molar-refractivity contribution in [2.45, 2.75) is 52.2 Å². The molecule has 2 aliphatic heterocycles. The van der Waals surface area contributed by atoms with Gasteiger partial charge in [-0.1, -0.05) is 13.3 Å². The van der Waals surface area contributed by atoms with Crippen molar-refractivity contribution in [2.75, 3.05) is 32.7 Å². The molecule has 0 radical (unpaired) electrons. The van der Waals surface area contributed by atoms with E-state index in [1.807, 2.05) is 0 Å². The molecule has 0 aliphatic carbocycles. The molecule has 4 unspecified atom stereocenters. The lowest BCUT2D eigenvalue weighted by molar-refractivity contribution is 0.0511. The zero-order valence-corrected chi connectivity index (χ0v) is 12.3. The maximum absolute atomic E-state index is 5.88. The Bertz CT molecular complexity index is 241. The van der Waals surface area contributed by atoms with E-state index in [-0.39, 0.29) is 0 Å². The second kappa shape index (κ2) is 6.88. The van der Waals surface area contributed by atoms with Gasteiger partial charge in [0.15, 0.2) is 0 Å². The van der Waals surface area contributed by atoms with Crippen molar-refractivity contribution < 1.29 is 4.74 Å². The van der Waals surface area contributed by atoms with Gasteiger partial charge in [0.05, 0.1) is 12.2 Å². The highest BCUT2D eigenvalue weighted by atomic mass is 16.5. The van der Waals surface area contributed by atoms with Crippen LogP contribution in [0.5, 0.6) is 0 Å². The lowest BCUT2D eigenvalue weighted by Crippen LogP contribution is -2.38. The zero-order chi connectivity index (χ0) is 13.0. The van der Waals surface area contributed by atoms with Gasteiger partial charge < -0.3 is 15.0 Å². The molecular formula is C15H30N2O. The zero-order valence-electron chi connectivity index (χ0n) is 12.3. The first-order chi connectivity index (χ1) is 8.68. The lowest BCUT2D eigenvalue weighted by Gasteiger charge is -2.27. The van der Waals surface area contributed by atoms with E-state index in [9.17, 15) is 0 Å². The van der Waals surface area contributed by atoms with Gasteiger partial charge in [0.2, 0.25) is 0 Å². The Balaban J connectivity index is 1.60. The molecule has 18 heavy (non-hydrogen) atoms. The third-order valence-electron chi connectivity index (χ3n) is 4.88. The number of rotatable bonds is 5. The molecule has 0 bridgehead atoms. The van der Waals surface area contributed by atoms with Gasteiger partial charge in [-0.15, -0.1) is 0 Å². The first-order valence-electron chi connectivity index (χ1n) is 7.77. The van der Waals surface area contributed by atoms with Crippen molar-refractivity contribution in [3.05, 3.63) is 0 Å². The molecule has 0 amide bonds. The number of piperidine rings is 1. The van der Waals surface area contributed by atoms with Crippen LogP contribution in [-0.4, -0.2) is 49.8 Å². The smallest absolute Gasteiger partial charge is 0.0594 e. The summed E-state index contributed by atoms with van der Waals surface area (Å²) in [7, 11) is 0. The van der Waals surface area contributed by atoms with Crippen molar-refractivity contribution >= 4 is 0 Å². The summed E-state index contributed by atoms with van der Waals surface area (Å²) in [5, 5.41) is 3.63. The van der Waals surface area contributed by atoms with Crippen LogP contribution in [0.3, 0.4) is 0 Å². The van der Waals surface area contributed by atoms with E-state index in [1.54, 1.807) is 0 Å². The molecule has 0 aromatic carbocycles. The van der Waals surface area contributed by atoms with Crippen LogP contribution in [-0.2, 0) is 4.74 Å². The molecule has 2 saturated heterocycles. The average molecular weight is 254 g/mol. The van der Waals surface area contributed by atoms with Crippen LogP contribution in [0.25, 0.3) is 0 Å². The summed E-state index contributed by atoms with van der Waals surface area (Å²) in [6.45, 7) is 12.8. The average Bonchev–Trinajstić information content (AvgIpc) is 2.61. The highest BCUT2D eigenvalue weighted by molar-refractivity contribution is 4.85. The van der Waals surface area contributed by atoms with E-state index >= 15 is 0 Å². The Morgan fingerprint density at radius 1 is 1.06 bits per heavy atom. The van der Waals surface area contributed by atoms with Crippen LogP contribution in [0.2, 0.25) is 0 Å². The molecule has 0 spiro atoms. The van der Waals surface area contributed by atoms with Crippen LogP contribution < -0.4 is 5.32 Å². The number of ether oxygens (including phenoxy) is 1. The Kier molecular flexibility index (Phi) is 5.46. The van der Waals surface area contributed by atoms with Crippen LogP contribution in [0.15, 0.2) is 0 Å². The summed E-state index contributed by atoms with van der Waals surface area (Å²) in [6.07, 6.45) is 5.05. The maximum Gasteiger partial charge on any atom is 0.0594 e. The van der Waals surface area contributed by atoms with Gasteiger partial charge in [0, 0.05) is 25.6 Å². The number of hydrogen-bond acceptors (Lipinski definition) is 3. The van der Waals surface area contributed by atoms with E-state index in [2.05, 4.69) is 31.0 Å². The van der Waals surface area contributed by atoms with Gasteiger partial charge in [-0.3, -0.25) is 0 Å². The van der Waals surface area contributed by atoms with Crippen molar-refractivity contribution in [3.8, 4) is 0 Å². The minimum atomic E-state index is 0.414. The van der Waals surface area contributed by atoms with E-state index < -0.39 is 0 Å². The summed E-state index contributed by atoms with van der Waals surface area (Å²) in [6, 6.07) is 0. The molecule has 0 aromatic heterocycles. The van der Waals surface area contributed by atoms with Crippen molar-refractivity contribution in [3.63, 3.8) is 0 Å². The van der Waals surface area contributed by atoms with Crippen LogP contribution >= 0.6 is 0 Å². The second-order valence-electron chi connectivity index (χ2n) is 6.18. The van der Waals surface area contributed by atoms with E-state index in [1.165, 1.54) is 38.9 Å². The summed E-state index contributed by atoms with van der Waals surface area (Å²) in [5.41, 5.74) is 0. The maximum atomic E-state index is 5.88. The van der Waals surface area contributed by atoms with Crippen LogP contribution in [0, 0.1) is 11.8 Å². The van der Waals surface area contributed by atoms with Gasteiger partial charge in [-0.05, 0) is 45.7 Å². The predicted molar refractivity (Wildman–Crippen MR) is 75.8 cm³/mol. The Morgan fingerprint density at radius 2 is 1.78 bits per heavy atom. The molecule has 106 valence electrons. The Morgan fingerprint density at radius 3 is 2.39 bits per heavy atom. The number of hydrogen-bond donors (Lipinski definition) is 1. The fraction of sp³-hybridized carbons (Fsp3) is 1.00. The highest BCUT2D eigenvalue weighted by Gasteiger charge is 2.36. The topological polar surface area (TPSA) is 24.5 Å². The monoisotopic (exact) mass is 254 g/mol. The molecule has 2 fully saturated rings. The first-order valence-corrected chi connectivity index (χ1v) is 7.77. The van der Waals surface area contributed by atoms with Crippen molar-refractivity contribution in [1.29, 1.82) is 0 Å². The molecule has 0 aromatic rings. The second-order valence-corrected chi connectivity index (χ2v) is 6.18. The summed E-state index contributed by atoms with van der Waals surface area (Å²) < 4.78 is 5.88. The summed E-state index contributed by atoms with van der Waals surface area (Å²) in [4.78, 5) is 2.59. The lowest BCUT2D eigenvalue weighted by atomic mass is 9.89. The molecule has 3 nitrogen and oxygen atoms in total. The summed E-state index contributed by atoms with van der Waals surface area (Å²) >= 11 is 0. The number of nitrogens with zero attached hydrogens (tertiary/aromatic N) is 1. The largest absolute Gasteiger partial charge is 0.375 e. The summed E-state index contributed by atoms with van der Waals surface area (Å²) in [5.74, 6) is 1.36. The molecule has 2 rings (SSSR count). The molecule has 1 N–H and O–H groups in total. The molecule has 2 heterocycles. The standard InChI is InChI=1S/C15H30N2O/c1-12-13(2)18-14(3)15(12)11-16-7-10-17-8-5-4-6-9-17/h12-16H,4-11H2,1-3H3. The van der Waals surface area contributed by atoms with Gasteiger partial charge in [0.25, 0.3) is 0 Å². The minimum absolute atomic E-state index is 0.414. The first kappa shape index (κ1) is 14.3. The molecule has 3 heteroatoms. The van der Waals surface area contributed by atoms with E-state index in [4.69, 9.17) is 4.74 Å². The van der Waals surface area contributed by atoms with E-state index in [0.717, 1.165) is 13.1 Å². The number of nitrogens with one attached hydrogen (secondary N) is 1.